The molecule has 1 fully saturated rings. The molecule has 2 aliphatic heterocycles. The van der Waals surface area contributed by atoms with Crippen LogP contribution in [0, 0.1) is 0 Å². The molecule has 4 aromatic rings. The molecule has 0 radical (unpaired) electrons. The first-order valence-electron chi connectivity index (χ1n) is 11.8. The van der Waals surface area contributed by atoms with Gasteiger partial charge in [-0.2, -0.15) is 4.98 Å². The molecule has 0 spiro atoms. The minimum atomic E-state index is -0.0414. The number of aromatic nitrogens is 3. The lowest BCUT2D eigenvalue weighted by molar-refractivity contribution is 0.0949. The van der Waals surface area contributed by atoms with Gasteiger partial charge in [-0.1, -0.05) is 0 Å². The number of thiophene rings is 1. The maximum absolute atomic E-state index is 12.7. The van der Waals surface area contributed by atoms with Gasteiger partial charge in [-0.05, 0) is 63.0 Å². The summed E-state index contributed by atoms with van der Waals surface area (Å²) in [5, 5.41) is 8.61. The van der Waals surface area contributed by atoms with Crippen LogP contribution in [0.4, 0.5) is 5.69 Å². The molecule has 8 nitrogen and oxygen atoms in total. The third-order valence-electron chi connectivity index (χ3n) is 6.73. The third kappa shape index (κ3) is 4.17. The van der Waals surface area contributed by atoms with E-state index in [9.17, 15) is 4.79 Å². The van der Waals surface area contributed by atoms with E-state index in [1.165, 1.54) is 24.2 Å². The van der Waals surface area contributed by atoms with Gasteiger partial charge in [0.15, 0.2) is 0 Å². The monoisotopic (exact) mass is 508 g/mol. The molecule has 0 bridgehead atoms. The van der Waals surface area contributed by atoms with Crippen molar-refractivity contribution in [1.82, 2.24) is 25.2 Å². The van der Waals surface area contributed by atoms with E-state index in [-0.39, 0.29) is 17.2 Å². The third-order valence-corrected chi connectivity index (χ3v) is 8.06. The number of hydrogen-bond donors (Lipinski definition) is 2. The van der Waals surface area contributed by atoms with Crippen LogP contribution < -0.4 is 15.4 Å². The van der Waals surface area contributed by atoms with Crippen molar-refractivity contribution in [3.05, 3.63) is 46.2 Å². The number of nitrogens with one attached hydrogen (secondary N) is 2. The first-order valence-corrected chi connectivity index (χ1v) is 13.0. The van der Waals surface area contributed by atoms with Crippen LogP contribution in [-0.2, 0) is 6.54 Å². The largest absolute Gasteiger partial charge is 0.420 e. The average Bonchev–Trinajstić information content (AvgIpc) is 3.38. The molecule has 2 atom stereocenters. The lowest BCUT2D eigenvalue weighted by atomic mass is 10.1. The van der Waals surface area contributed by atoms with Crippen molar-refractivity contribution in [3.63, 3.8) is 0 Å². The van der Waals surface area contributed by atoms with Crippen molar-refractivity contribution in [1.29, 1.82) is 0 Å². The number of amides is 1. The summed E-state index contributed by atoms with van der Waals surface area (Å²) in [5.41, 5.74) is 2.54. The minimum absolute atomic E-state index is 0.0414. The van der Waals surface area contributed by atoms with Gasteiger partial charge < -0.3 is 15.4 Å². The molecule has 3 aromatic heterocycles. The summed E-state index contributed by atoms with van der Waals surface area (Å²) < 4.78 is 7.19. The van der Waals surface area contributed by atoms with E-state index in [0.29, 0.717) is 35.8 Å². The van der Waals surface area contributed by atoms with E-state index < -0.39 is 0 Å². The van der Waals surface area contributed by atoms with E-state index >= 15 is 0 Å². The molecular formula is C25H25ClN6O2S. The Balaban J connectivity index is 1.36. The first-order chi connectivity index (χ1) is 17.0. The van der Waals surface area contributed by atoms with Gasteiger partial charge in [0.2, 0.25) is 17.0 Å². The number of carbonyl (C=O) groups is 1. The zero-order chi connectivity index (χ0) is 24.1. The minimum Gasteiger partial charge on any atom is -0.420 e. The Morgan fingerprint density at radius 1 is 1.23 bits per heavy atom. The normalized spacial score (nSPS) is 20.5. The van der Waals surface area contributed by atoms with Crippen LogP contribution in [0.2, 0.25) is 5.28 Å². The van der Waals surface area contributed by atoms with Crippen LogP contribution in [-0.4, -0.2) is 50.9 Å². The number of hydrogen-bond acceptors (Lipinski definition) is 8. The van der Waals surface area contributed by atoms with Gasteiger partial charge >= 0.3 is 0 Å². The molecule has 180 valence electrons. The number of benzene rings is 1. The summed E-state index contributed by atoms with van der Waals surface area (Å²) >= 11 is 7.60. The molecule has 10 heteroatoms. The molecule has 2 aliphatic rings. The Morgan fingerprint density at radius 2 is 2.11 bits per heavy atom. The molecular weight excluding hydrogens is 484 g/mol. The molecule has 6 rings (SSSR count). The fourth-order valence-corrected chi connectivity index (χ4v) is 6.10. The SMILES string of the molecule is C[C@@H]1CNc2c(sc3ccc4nc(Oc5nc(Cl)ncc5CN5CCC[C@H]5C)ccc4c23)C(=O)N1. The number of anilines is 1. The van der Waals surface area contributed by atoms with Crippen LogP contribution in [0.5, 0.6) is 11.8 Å². The molecule has 0 unspecified atom stereocenters. The predicted octanol–water partition coefficient (Wildman–Crippen LogP) is 5.21. The molecule has 35 heavy (non-hydrogen) atoms. The maximum atomic E-state index is 12.7. The van der Waals surface area contributed by atoms with Crippen molar-refractivity contribution < 1.29 is 9.53 Å². The van der Waals surface area contributed by atoms with Crippen molar-refractivity contribution in [2.24, 2.45) is 0 Å². The van der Waals surface area contributed by atoms with Gasteiger partial charge in [0, 0.05) is 58.5 Å². The number of nitrogens with zero attached hydrogens (tertiary/aromatic N) is 4. The van der Waals surface area contributed by atoms with E-state index in [1.807, 2.05) is 31.2 Å². The quantitative estimate of drug-likeness (QED) is 0.365. The second kappa shape index (κ2) is 8.89. The lowest BCUT2D eigenvalue weighted by Gasteiger charge is -2.21. The molecule has 2 N–H and O–H groups in total. The van der Waals surface area contributed by atoms with Gasteiger partial charge in [-0.25, -0.2) is 9.97 Å². The fraction of sp³-hybridized carbons (Fsp3) is 0.360. The topological polar surface area (TPSA) is 92.3 Å². The molecule has 1 saturated heterocycles. The summed E-state index contributed by atoms with van der Waals surface area (Å²) in [5.74, 6) is 0.817. The van der Waals surface area contributed by atoms with Crippen LogP contribution in [0.1, 0.15) is 41.9 Å². The zero-order valence-corrected chi connectivity index (χ0v) is 21.0. The standard InChI is InChI=1S/C25H25ClN6O2S/c1-13-10-27-21-20-16-5-8-19(30-17(16)6-7-18(20)35-22(21)23(33)29-13)34-24-15(11-28-25(26)31-24)12-32-9-3-4-14(32)2/h5-8,11,13-14,27H,3-4,9-10,12H2,1-2H3,(H,29,33)/t13-,14-/m1/s1. The van der Waals surface area contributed by atoms with Crippen LogP contribution in [0.25, 0.3) is 21.0 Å². The number of fused-ring (bicyclic) bond motifs is 5. The van der Waals surface area contributed by atoms with Crippen molar-refractivity contribution in [2.45, 2.75) is 45.3 Å². The van der Waals surface area contributed by atoms with Crippen molar-refractivity contribution in [3.8, 4) is 11.8 Å². The number of rotatable bonds is 4. The summed E-state index contributed by atoms with van der Waals surface area (Å²) in [7, 11) is 0. The Bertz CT molecular complexity index is 1460. The van der Waals surface area contributed by atoms with Gasteiger partial charge in [0.1, 0.15) is 4.88 Å². The predicted molar refractivity (Wildman–Crippen MR) is 139 cm³/mol. The van der Waals surface area contributed by atoms with E-state index in [2.05, 4.69) is 32.4 Å². The smallest absolute Gasteiger partial charge is 0.263 e. The highest BCUT2D eigenvalue weighted by atomic mass is 35.5. The molecule has 0 aliphatic carbocycles. The number of pyridine rings is 1. The van der Waals surface area contributed by atoms with Crippen LogP contribution in [0.15, 0.2) is 30.5 Å². The summed E-state index contributed by atoms with van der Waals surface area (Å²) in [4.78, 5) is 29.1. The summed E-state index contributed by atoms with van der Waals surface area (Å²) in [6.45, 7) is 6.64. The van der Waals surface area contributed by atoms with Crippen LogP contribution >= 0.6 is 22.9 Å². The fourth-order valence-electron chi connectivity index (χ4n) is 4.88. The number of carbonyl (C=O) groups excluding carboxylic acids is 1. The van der Waals surface area contributed by atoms with E-state index in [0.717, 1.165) is 38.8 Å². The highest BCUT2D eigenvalue weighted by Gasteiger charge is 2.25. The van der Waals surface area contributed by atoms with Crippen molar-refractivity contribution >= 4 is 55.5 Å². The highest BCUT2D eigenvalue weighted by molar-refractivity contribution is 7.21. The number of ether oxygens (including phenoxy) is 1. The second-order valence-electron chi connectivity index (χ2n) is 9.25. The number of likely N-dealkylation sites (tertiary alicyclic amines) is 1. The van der Waals surface area contributed by atoms with Gasteiger partial charge in [0.25, 0.3) is 5.91 Å². The Morgan fingerprint density at radius 3 is 2.94 bits per heavy atom. The Labute approximate surface area is 211 Å². The highest BCUT2D eigenvalue weighted by Crippen LogP contribution is 2.41. The molecule has 1 aromatic carbocycles. The maximum Gasteiger partial charge on any atom is 0.263 e. The Hall–Kier alpha value is -3.01. The molecule has 0 saturated carbocycles. The summed E-state index contributed by atoms with van der Waals surface area (Å²) in [6.07, 6.45) is 4.11. The van der Waals surface area contributed by atoms with E-state index in [4.69, 9.17) is 21.3 Å². The average molecular weight is 509 g/mol. The van der Waals surface area contributed by atoms with Crippen molar-refractivity contribution in [2.75, 3.05) is 18.4 Å². The summed E-state index contributed by atoms with van der Waals surface area (Å²) in [6, 6.07) is 8.37. The molecule has 1 amide bonds. The first kappa shape index (κ1) is 22.5. The lowest BCUT2D eigenvalue weighted by Crippen LogP contribution is -2.34. The zero-order valence-electron chi connectivity index (χ0n) is 19.5. The second-order valence-corrected chi connectivity index (χ2v) is 10.6. The van der Waals surface area contributed by atoms with Crippen LogP contribution in [0.3, 0.4) is 0 Å². The van der Waals surface area contributed by atoms with Gasteiger partial charge in [-0.15, -0.1) is 11.3 Å². The van der Waals surface area contributed by atoms with Gasteiger partial charge in [-0.3, -0.25) is 9.69 Å². The van der Waals surface area contributed by atoms with E-state index in [1.54, 1.807) is 6.20 Å². The van der Waals surface area contributed by atoms with Gasteiger partial charge in [0.05, 0.1) is 11.2 Å². The molecule has 5 heterocycles. The Kier molecular flexibility index (Phi) is 5.70. The number of halogens is 1.